The Bertz CT molecular complexity index is 901. The van der Waals surface area contributed by atoms with Gasteiger partial charge in [0.25, 0.3) is 0 Å². The van der Waals surface area contributed by atoms with Crippen LogP contribution in [0.1, 0.15) is 33.0 Å². The van der Waals surface area contributed by atoms with Gasteiger partial charge in [0.2, 0.25) is 5.78 Å². The molecular weight excluding hydrogens is 343 g/mol. The number of pyridine rings is 1. The lowest BCUT2D eigenvalue weighted by Gasteiger charge is -2.08. The summed E-state index contributed by atoms with van der Waals surface area (Å²) in [4.78, 5) is 17.2. The molecule has 0 atom stereocenters. The van der Waals surface area contributed by atoms with Crippen molar-refractivity contribution in [1.29, 1.82) is 0 Å². The molecule has 3 nitrogen and oxygen atoms in total. The summed E-state index contributed by atoms with van der Waals surface area (Å²) in [7, 11) is 1.90. The van der Waals surface area contributed by atoms with E-state index in [1.165, 1.54) is 0 Å². The monoisotopic (exact) mass is 358 g/mol. The van der Waals surface area contributed by atoms with E-state index in [0.717, 1.165) is 17.0 Å². The van der Waals surface area contributed by atoms with Gasteiger partial charge in [-0.25, -0.2) is 0 Å². The summed E-state index contributed by atoms with van der Waals surface area (Å²) in [6.45, 7) is 1.94. The lowest BCUT2D eigenvalue weighted by molar-refractivity contribution is 0.103. The molecule has 0 aliphatic carbocycles. The first kappa shape index (κ1) is 16.7. The van der Waals surface area contributed by atoms with Crippen molar-refractivity contribution in [3.63, 3.8) is 0 Å². The first-order valence-corrected chi connectivity index (χ1v) is 8.28. The summed E-state index contributed by atoms with van der Waals surface area (Å²) >= 11 is 12.0. The molecule has 0 aliphatic rings. The third kappa shape index (κ3) is 3.23. The van der Waals surface area contributed by atoms with Crippen LogP contribution < -0.4 is 0 Å². The zero-order valence-electron chi connectivity index (χ0n) is 13.4. The second-order valence-corrected chi connectivity index (χ2v) is 6.50. The Morgan fingerprint density at radius 1 is 1.12 bits per heavy atom. The van der Waals surface area contributed by atoms with Gasteiger partial charge in [0, 0.05) is 36.6 Å². The highest BCUT2D eigenvalue weighted by atomic mass is 35.5. The normalized spacial score (nSPS) is 10.8. The zero-order chi connectivity index (χ0) is 17.3. The first-order valence-electron chi connectivity index (χ1n) is 7.52. The molecule has 3 aromatic rings. The first-order chi connectivity index (χ1) is 11.5. The molecule has 0 unspecified atom stereocenters. The maximum absolute atomic E-state index is 12.9. The van der Waals surface area contributed by atoms with Gasteiger partial charge in [-0.2, -0.15) is 0 Å². The lowest BCUT2D eigenvalue weighted by Crippen LogP contribution is -2.11. The van der Waals surface area contributed by atoms with Gasteiger partial charge in [-0.1, -0.05) is 29.3 Å². The zero-order valence-corrected chi connectivity index (χ0v) is 14.9. The molecule has 0 saturated heterocycles. The smallest absolute Gasteiger partial charge is 0.209 e. The van der Waals surface area contributed by atoms with Gasteiger partial charge >= 0.3 is 0 Å². The molecule has 0 fully saturated rings. The number of carbonyl (C=O) groups excluding carboxylic acids is 1. The number of halogens is 2. The van der Waals surface area contributed by atoms with Gasteiger partial charge in [-0.3, -0.25) is 9.78 Å². The molecule has 0 radical (unpaired) electrons. The Kier molecular flexibility index (Phi) is 4.74. The van der Waals surface area contributed by atoms with Crippen LogP contribution in [0.5, 0.6) is 0 Å². The standard InChI is InChI=1S/C19H16Cl2N2O/c1-12-9-15(11-14-5-3-4-8-22-14)23(2)18(12)19(24)13-6-7-16(20)17(21)10-13/h3-10H,11H2,1-2H3. The molecule has 0 bridgehead atoms. The summed E-state index contributed by atoms with van der Waals surface area (Å²) in [6.07, 6.45) is 2.44. The van der Waals surface area contributed by atoms with Crippen LogP contribution >= 0.6 is 23.2 Å². The number of benzene rings is 1. The fourth-order valence-electron chi connectivity index (χ4n) is 2.79. The molecule has 3 rings (SSSR count). The SMILES string of the molecule is Cc1cc(Cc2ccccn2)n(C)c1C(=O)c1ccc(Cl)c(Cl)c1. The van der Waals surface area contributed by atoms with Crippen LogP contribution in [0.2, 0.25) is 10.0 Å². The summed E-state index contributed by atoms with van der Waals surface area (Å²) in [5.41, 5.74) is 4.11. The largest absolute Gasteiger partial charge is 0.344 e. The molecular formula is C19H16Cl2N2O. The maximum Gasteiger partial charge on any atom is 0.209 e. The molecule has 0 spiro atoms. The van der Waals surface area contributed by atoms with E-state index in [0.29, 0.717) is 27.7 Å². The number of hydrogen-bond acceptors (Lipinski definition) is 2. The predicted molar refractivity (Wildman–Crippen MR) is 97.1 cm³/mol. The van der Waals surface area contributed by atoms with E-state index in [1.807, 2.05) is 42.8 Å². The van der Waals surface area contributed by atoms with Crippen molar-refractivity contribution in [2.24, 2.45) is 7.05 Å². The number of aromatic nitrogens is 2. The van der Waals surface area contributed by atoms with E-state index in [9.17, 15) is 4.79 Å². The van der Waals surface area contributed by atoms with Gasteiger partial charge in [-0.05, 0) is 48.9 Å². The maximum atomic E-state index is 12.9. The van der Waals surface area contributed by atoms with Crippen LogP contribution in [0.25, 0.3) is 0 Å². The van der Waals surface area contributed by atoms with Crippen LogP contribution in [0.15, 0.2) is 48.7 Å². The fraction of sp³-hybridized carbons (Fsp3) is 0.158. The van der Waals surface area contributed by atoms with E-state index in [2.05, 4.69) is 4.98 Å². The molecule has 2 aromatic heterocycles. The summed E-state index contributed by atoms with van der Waals surface area (Å²) < 4.78 is 1.93. The predicted octanol–water partition coefficient (Wildman–Crippen LogP) is 4.86. The molecule has 122 valence electrons. The molecule has 1 aromatic carbocycles. The van der Waals surface area contributed by atoms with Crippen LogP contribution in [-0.2, 0) is 13.5 Å². The Balaban J connectivity index is 1.96. The molecule has 0 N–H and O–H groups in total. The van der Waals surface area contributed by atoms with Crippen molar-refractivity contribution in [3.8, 4) is 0 Å². The number of carbonyl (C=O) groups is 1. The van der Waals surface area contributed by atoms with Crippen LogP contribution in [0.3, 0.4) is 0 Å². The fourth-order valence-corrected chi connectivity index (χ4v) is 3.08. The van der Waals surface area contributed by atoms with Crippen molar-refractivity contribution in [2.45, 2.75) is 13.3 Å². The minimum Gasteiger partial charge on any atom is -0.344 e. The van der Waals surface area contributed by atoms with Gasteiger partial charge in [0.1, 0.15) is 0 Å². The van der Waals surface area contributed by atoms with Crippen LogP contribution in [0, 0.1) is 6.92 Å². The van der Waals surface area contributed by atoms with E-state index < -0.39 is 0 Å². The van der Waals surface area contributed by atoms with Crippen molar-refractivity contribution >= 4 is 29.0 Å². The lowest BCUT2D eigenvalue weighted by atomic mass is 10.1. The minimum absolute atomic E-state index is 0.0687. The molecule has 5 heteroatoms. The molecule has 24 heavy (non-hydrogen) atoms. The van der Waals surface area contributed by atoms with E-state index in [1.54, 1.807) is 24.4 Å². The van der Waals surface area contributed by atoms with E-state index in [-0.39, 0.29) is 5.78 Å². The number of rotatable bonds is 4. The minimum atomic E-state index is -0.0687. The Morgan fingerprint density at radius 2 is 1.92 bits per heavy atom. The van der Waals surface area contributed by atoms with Gasteiger partial charge < -0.3 is 4.57 Å². The summed E-state index contributed by atoms with van der Waals surface area (Å²) in [5, 5.41) is 0.816. The third-order valence-electron chi connectivity index (χ3n) is 4.01. The molecule has 0 amide bonds. The Hall–Kier alpha value is -2.10. The van der Waals surface area contributed by atoms with Crippen molar-refractivity contribution in [3.05, 3.63) is 86.9 Å². The second kappa shape index (κ2) is 6.80. The number of nitrogens with zero attached hydrogens (tertiary/aromatic N) is 2. The average Bonchev–Trinajstić information content (AvgIpc) is 2.84. The van der Waals surface area contributed by atoms with E-state index in [4.69, 9.17) is 23.2 Å². The highest BCUT2D eigenvalue weighted by Crippen LogP contribution is 2.25. The quantitative estimate of drug-likeness (QED) is 0.624. The second-order valence-electron chi connectivity index (χ2n) is 5.68. The highest BCUT2D eigenvalue weighted by Gasteiger charge is 2.19. The van der Waals surface area contributed by atoms with Crippen molar-refractivity contribution in [1.82, 2.24) is 9.55 Å². The number of hydrogen-bond donors (Lipinski definition) is 0. The molecule has 2 heterocycles. The molecule has 0 saturated carbocycles. The van der Waals surface area contributed by atoms with Crippen molar-refractivity contribution in [2.75, 3.05) is 0 Å². The molecule has 0 aliphatic heterocycles. The number of ketones is 1. The average molecular weight is 359 g/mol. The number of aryl methyl sites for hydroxylation is 1. The van der Waals surface area contributed by atoms with E-state index >= 15 is 0 Å². The van der Waals surface area contributed by atoms with Crippen LogP contribution in [0.4, 0.5) is 0 Å². The Morgan fingerprint density at radius 3 is 2.58 bits per heavy atom. The Labute approximate surface area is 150 Å². The highest BCUT2D eigenvalue weighted by molar-refractivity contribution is 6.42. The van der Waals surface area contributed by atoms with Crippen molar-refractivity contribution < 1.29 is 4.79 Å². The van der Waals surface area contributed by atoms with Gasteiger partial charge in [0.05, 0.1) is 15.7 Å². The van der Waals surface area contributed by atoms with Gasteiger partial charge in [-0.15, -0.1) is 0 Å². The summed E-state index contributed by atoms with van der Waals surface area (Å²) in [6, 6.07) is 12.8. The topological polar surface area (TPSA) is 34.9 Å². The third-order valence-corrected chi connectivity index (χ3v) is 4.75. The van der Waals surface area contributed by atoms with Crippen LogP contribution in [-0.4, -0.2) is 15.3 Å². The summed E-state index contributed by atoms with van der Waals surface area (Å²) in [5.74, 6) is -0.0687. The van der Waals surface area contributed by atoms with Gasteiger partial charge in [0.15, 0.2) is 0 Å².